The smallest absolute Gasteiger partial charge is 0.326 e. The standard InChI is InChI=1S/C20H20N2O4/c1-14-8-6-7-9-15(14)13-26-17(23)12-22-18(24)20(2,21-19(22)25)16-10-4-3-5-11-16/h3-11H,12-13H2,1-2H3,(H,21,25)/t20-/m1/s1. The summed E-state index contributed by atoms with van der Waals surface area (Å²) in [6.07, 6.45) is 0. The zero-order chi connectivity index (χ0) is 18.7. The molecule has 0 unspecified atom stereocenters. The fraction of sp³-hybridized carbons (Fsp3) is 0.250. The number of nitrogens with one attached hydrogen (secondary N) is 1. The van der Waals surface area contributed by atoms with Crippen LogP contribution in [0.25, 0.3) is 0 Å². The van der Waals surface area contributed by atoms with E-state index in [0.29, 0.717) is 5.56 Å². The first-order valence-electron chi connectivity index (χ1n) is 8.31. The number of carbonyl (C=O) groups is 3. The molecule has 2 aromatic carbocycles. The van der Waals surface area contributed by atoms with Gasteiger partial charge >= 0.3 is 12.0 Å². The first-order chi connectivity index (χ1) is 12.4. The second-order valence-corrected chi connectivity index (χ2v) is 6.40. The molecular formula is C20H20N2O4. The summed E-state index contributed by atoms with van der Waals surface area (Å²) in [4.78, 5) is 38.0. The van der Waals surface area contributed by atoms with Gasteiger partial charge in [-0.25, -0.2) is 4.79 Å². The van der Waals surface area contributed by atoms with E-state index in [1.807, 2.05) is 37.3 Å². The van der Waals surface area contributed by atoms with Gasteiger partial charge in [-0.2, -0.15) is 0 Å². The van der Waals surface area contributed by atoms with Gasteiger partial charge in [-0.05, 0) is 30.5 Å². The lowest BCUT2D eigenvalue weighted by Crippen LogP contribution is -2.41. The van der Waals surface area contributed by atoms with E-state index in [0.717, 1.165) is 16.0 Å². The zero-order valence-corrected chi connectivity index (χ0v) is 14.7. The highest BCUT2D eigenvalue weighted by Crippen LogP contribution is 2.28. The Bertz CT molecular complexity index is 850. The summed E-state index contributed by atoms with van der Waals surface area (Å²) >= 11 is 0. The summed E-state index contributed by atoms with van der Waals surface area (Å²) in [6.45, 7) is 3.23. The van der Waals surface area contributed by atoms with Gasteiger partial charge in [0.2, 0.25) is 0 Å². The molecule has 3 rings (SSSR count). The maximum atomic E-state index is 12.7. The fourth-order valence-corrected chi connectivity index (χ4v) is 2.91. The maximum Gasteiger partial charge on any atom is 0.326 e. The van der Waals surface area contributed by atoms with Gasteiger partial charge in [0.15, 0.2) is 0 Å². The monoisotopic (exact) mass is 352 g/mol. The second-order valence-electron chi connectivity index (χ2n) is 6.40. The second kappa shape index (κ2) is 7.00. The van der Waals surface area contributed by atoms with E-state index < -0.39 is 30.0 Å². The Balaban J connectivity index is 1.66. The van der Waals surface area contributed by atoms with Crippen molar-refractivity contribution < 1.29 is 19.1 Å². The van der Waals surface area contributed by atoms with E-state index in [1.54, 1.807) is 31.2 Å². The third kappa shape index (κ3) is 3.31. The van der Waals surface area contributed by atoms with Crippen LogP contribution in [0.3, 0.4) is 0 Å². The predicted octanol–water partition coefficient (Wildman–Crippen LogP) is 2.51. The topological polar surface area (TPSA) is 75.7 Å². The molecule has 1 saturated heterocycles. The average Bonchev–Trinajstić information content (AvgIpc) is 2.86. The van der Waals surface area contributed by atoms with Gasteiger partial charge in [-0.3, -0.25) is 14.5 Å². The number of rotatable bonds is 5. The minimum absolute atomic E-state index is 0.102. The van der Waals surface area contributed by atoms with Crippen LogP contribution in [-0.4, -0.2) is 29.4 Å². The number of benzene rings is 2. The third-order valence-electron chi connectivity index (χ3n) is 4.56. The van der Waals surface area contributed by atoms with Crippen molar-refractivity contribution >= 4 is 17.9 Å². The number of amides is 3. The lowest BCUT2D eigenvalue weighted by molar-refractivity contribution is -0.148. The summed E-state index contributed by atoms with van der Waals surface area (Å²) in [5, 5.41) is 2.66. The minimum atomic E-state index is -1.19. The van der Waals surface area contributed by atoms with E-state index in [2.05, 4.69) is 5.32 Å². The van der Waals surface area contributed by atoms with Crippen molar-refractivity contribution in [2.75, 3.05) is 6.54 Å². The van der Waals surface area contributed by atoms with Crippen LogP contribution in [0.4, 0.5) is 4.79 Å². The molecule has 1 heterocycles. The van der Waals surface area contributed by atoms with Crippen LogP contribution in [0, 0.1) is 6.92 Å². The third-order valence-corrected chi connectivity index (χ3v) is 4.56. The van der Waals surface area contributed by atoms with Crippen LogP contribution in [0.15, 0.2) is 54.6 Å². The highest BCUT2D eigenvalue weighted by Gasteiger charge is 2.49. The van der Waals surface area contributed by atoms with Crippen molar-refractivity contribution in [1.29, 1.82) is 0 Å². The van der Waals surface area contributed by atoms with Gasteiger partial charge < -0.3 is 10.1 Å². The molecular weight excluding hydrogens is 332 g/mol. The largest absolute Gasteiger partial charge is 0.459 e. The summed E-state index contributed by atoms with van der Waals surface area (Å²) in [5.74, 6) is -1.10. The van der Waals surface area contributed by atoms with Crippen LogP contribution >= 0.6 is 0 Å². The van der Waals surface area contributed by atoms with E-state index in [4.69, 9.17) is 4.74 Å². The molecule has 3 amide bonds. The Morgan fingerprint density at radius 1 is 1.08 bits per heavy atom. The van der Waals surface area contributed by atoms with Gasteiger partial charge in [0.05, 0.1) is 0 Å². The molecule has 1 fully saturated rings. The first kappa shape index (κ1) is 17.7. The molecule has 0 bridgehead atoms. The molecule has 0 radical (unpaired) electrons. The van der Waals surface area contributed by atoms with Crippen molar-refractivity contribution in [3.63, 3.8) is 0 Å². The first-order valence-corrected chi connectivity index (χ1v) is 8.31. The Kier molecular flexibility index (Phi) is 4.75. The van der Waals surface area contributed by atoms with Crippen LogP contribution in [-0.2, 0) is 26.5 Å². The molecule has 1 atom stereocenters. The number of imide groups is 1. The van der Waals surface area contributed by atoms with Crippen LogP contribution in [0.1, 0.15) is 23.6 Å². The summed E-state index contributed by atoms with van der Waals surface area (Å²) in [7, 11) is 0. The lowest BCUT2D eigenvalue weighted by atomic mass is 9.92. The molecule has 6 nitrogen and oxygen atoms in total. The number of nitrogens with zero attached hydrogens (tertiary/aromatic N) is 1. The Morgan fingerprint density at radius 2 is 1.73 bits per heavy atom. The van der Waals surface area contributed by atoms with E-state index in [9.17, 15) is 14.4 Å². The van der Waals surface area contributed by atoms with Crippen LogP contribution in [0.5, 0.6) is 0 Å². The maximum absolute atomic E-state index is 12.7. The highest BCUT2D eigenvalue weighted by molar-refractivity contribution is 6.08. The van der Waals surface area contributed by atoms with Crippen molar-refractivity contribution in [1.82, 2.24) is 10.2 Å². The molecule has 26 heavy (non-hydrogen) atoms. The number of hydrogen-bond acceptors (Lipinski definition) is 4. The number of esters is 1. The number of aryl methyl sites for hydroxylation is 1. The van der Waals surface area contributed by atoms with Gasteiger partial charge in [0.1, 0.15) is 18.7 Å². The summed E-state index contributed by atoms with van der Waals surface area (Å²) in [6, 6.07) is 15.9. The van der Waals surface area contributed by atoms with Crippen LogP contribution in [0.2, 0.25) is 0 Å². The van der Waals surface area contributed by atoms with Crippen molar-refractivity contribution in [2.45, 2.75) is 26.0 Å². The number of hydrogen-bond donors (Lipinski definition) is 1. The quantitative estimate of drug-likeness (QED) is 0.663. The Hall–Kier alpha value is -3.15. The molecule has 2 aromatic rings. The van der Waals surface area contributed by atoms with Gasteiger partial charge in [-0.15, -0.1) is 0 Å². The van der Waals surface area contributed by atoms with Crippen molar-refractivity contribution in [3.05, 3.63) is 71.3 Å². The molecule has 1 N–H and O–H groups in total. The fourth-order valence-electron chi connectivity index (χ4n) is 2.91. The molecule has 0 spiro atoms. The molecule has 6 heteroatoms. The number of carbonyl (C=O) groups excluding carboxylic acids is 3. The van der Waals surface area contributed by atoms with Crippen LogP contribution < -0.4 is 5.32 Å². The van der Waals surface area contributed by atoms with Gasteiger partial charge in [0, 0.05) is 0 Å². The summed E-state index contributed by atoms with van der Waals surface area (Å²) < 4.78 is 5.23. The molecule has 1 aliphatic heterocycles. The van der Waals surface area contributed by atoms with E-state index in [1.165, 1.54) is 0 Å². The van der Waals surface area contributed by atoms with Gasteiger partial charge in [0.25, 0.3) is 5.91 Å². The molecule has 0 saturated carbocycles. The SMILES string of the molecule is Cc1ccccc1COC(=O)CN1C(=O)N[C@](C)(c2ccccc2)C1=O. The van der Waals surface area contributed by atoms with E-state index >= 15 is 0 Å². The zero-order valence-electron chi connectivity index (χ0n) is 14.7. The van der Waals surface area contributed by atoms with Gasteiger partial charge in [-0.1, -0.05) is 54.6 Å². The Morgan fingerprint density at radius 3 is 2.42 bits per heavy atom. The Labute approximate surface area is 151 Å². The predicted molar refractivity (Wildman–Crippen MR) is 95.0 cm³/mol. The molecule has 1 aliphatic rings. The van der Waals surface area contributed by atoms with Crippen molar-refractivity contribution in [2.24, 2.45) is 0 Å². The molecule has 0 aliphatic carbocycles. The number of ether oxygens (including phenoxy) is 1. The number of urea groups is 1. The van der Waals surface area contributed by atoms with E-state index in [-0.39, 0.29) is 6.61 Å². The highest BCUT2D eigenvalue weighted by atomic mass is 16.5. The molecule has 134 valence electrons. The average molecular weight is 352 g/mol. The minimum Gasteiger partial charge on any atom is -0.459 e. The summed E-state index contributed by atoms with van der Waals surface area (Å²) in [5.41, 5.74) is 1.36. The normalized spacial score (nSPS) is 19.4. The molecule has 0 aromatic heterocycles. The van der Waals surface area contributed by atoms with Crippen molar-refractivity contribution in [3.8, 4) is 0 Å². The lowest BCUT2D eigenvalue weighted by Gasteiger charge is -2.21.